The number of carboxylic acids is 1. The van der Waals surface area contributed by atoms with E-state index in [-0.39, 0.29) is 12.8 Å². The van der Waals surface area contributed by atoms with Gasteiger partial charge >= 0.3 is 21.0 Å². The van der Waals surface area contributed by atoms with E-state index in [1.54, 1.807) is 0 Å². The van der Waals surface area contributed by atoms with Crippen LogP contribution in [0, 0.1) is 0 Å². The zero-order chi connectivity index (χ0) is 15.1. The van der Waals surface area contributed by atoms with Crippen LogP contribution < -0.4 is 0 Å². The first-order chi connectivity index (χ1) is 8.69. The Morgan fingerprint density at radius 2 is 2.05 bits per heavy atom. The molecular weight excluding hydrogens is 306 g/mol. The molecule has 0 saturated carbocycles. The molecule has 12 heteroatoms. The van der Waals surface area contributed by atoms with Gasteiger partial charge in [0.1, 0.15) is 0 Å². The van der Waals surface area contributed by atoms with Crippen molar-refractivity contribution in [1.82, 2.24) is 0 Å². The monoisotopic (exact) mass is 322 g/mol. The van der Waals surface area contributed by atoms with Gasteiger partial charge in [0, 0.05) is 6.42 Å². The molecule has 0 saturated heterocycles. The molecule has 0 spiro atoms. The van der Waals surface area contributed by atoms with E-state index in [0.717, 1.165) is 0 Å². The van der Waals surface area contributed by atoms with Crippen molar-refractivity contribution < 1.29 is 48.5 Å². The zero-order valence-corrected chi connectivity index (χ0v) is 11.9. The van der Waals surface area contributed by atoms with Crippen LogP contribution in [0.25, 0.3) is 0 Å². The van der Waals surface area contributed by atoms with Crippen LogP contribution in [0.3, 0.4) is 0 Å². The van der Waals surface area contributed by atoms with Gasteiger partial charge in [0.2, 0.25) is 0 Å². The van der Waals surface area contributed by atoms with Gasteiger partial charge in [-0.2, -0.15) is 0 Å². The number of hydrogen-bond donors (Lipinski definition) is 4. The molecule has 114 valence electrons. The number of aliphatic hydroxyl groups is 1. The Hall–Kier alpha value is -0.310. The van der Waals surface area contributed by atoms with Crippen LogP contribution in [0.15, 0.2) is 0 Å². The maximum absolute atomic E-state index is 11.5. The molecule has 0 aromatic carbocycles. The van der Waals surface area contributed by atoms with Crippen molar-refractivity contribution in [2.45, 2.75) is 31.8 Å². The van der Waals surface area contributed by atoms with Gasteiger partial charge in [-0.1, -0.05) is 12.0 Å². The van der Waals surface area contributed by atoms with Crippen molar-refractivity contribution >= 4 is 21.0 Å². The molecule has 4 N–H and O–H groups in total. The van der Waals surface area contributed by atoms with E-state index < -0.39 is 39.6 Å². The molecule has 0 amide bonds. The molecule has 0 aromatic rings. The largest absolute Gasteiger partial charge is 0.481 e. The third kappa shape index (κ3) is 6.60. The Labute approximate surface area is 109 Å². The second-order valence-electron chi connectivity index (χ2n) is 3.66. The second kappa shape index (κ2) is 8.08. The summed E-state index contributed by atoms with van der Waals surface area (Å²) in [7, 11) is -8.35. The number of hydrogen-bond acceptors (Lipinski definition) is 8. The number of carbonyl (C=O) groups is 1. The third-order valence-electron chi connectivity index (χ3n) is 2.33. The summed E-state index contributed by atoms with van der Waals surface area (Å²) in [4.78, 5) is 19.2. The fraction of sp³-hybridized carbons (Fsp3) is 0.857. The molecule has 0 radical (unpaired) electrons. The van der Waals surface area contributed by atoms with E-state index in [2.05, 4.69) is 14.2 Å². The highest BCUT2D eigenvalue weighted by Gasteiger charge is 2.35. The van der Waals surface area contributed by atoms with E-state index >= 15 is 0 Å². The van der Waals surface area contributed by atoms with Gasteiger partial charge in [-0.3, -0.25) is 9.36 Å². The number of carboxylic acid groups (broad SMARTS) is 1. The molecular formula is C7H16O10P2. The van der Waals surface area contributed by atoms with Crippen molar-refractivity contribution in [2.24, 2.45) is 0 Å². The molecule has 0 aliphatic carbocycles. The maximum Gasteiger partial charge on any atom is 0.438 e. The summed E-state index contributed by atoms with van der Waals surface area (Å²) >= 11 is 0. The van der Waals surface area contributed by atoms with Crippen LogP contribution >= 0.6 is 15.0 Å². The van der Waals surface area contributed by atoms with Gasteiger partial charge in [0.25, 0.3) is 0 Å². The first-order valence-corrected chi connectivity index (χ1v) is 8.85. The van der Waals surface area contributed by atoms with Gasteiger partial charge < -0.3 is 19.6 Å². The van der Waals surface area contributed by atoms with Crippen LogP contribution in [0.4, 0.5) is 0 Å². The fourth-order valence-corrected chi connectivity index (χ4v) is 2.71. The minimum atomic E-state index is -4.55. The highest BCUT2D eigenvalue weighted by molar-refractivity contribution is 8.20. The van der Waals surface area contributed by atoms with Gasteiger partial charge in [-0.25, -0.2) is 9.82 Å². The Kier molecular flexibility index (Phi) is 7.95. The fourth-order valence-electron chi connectivity index (χ4n) is 1.18. The van der Waals surface area contributed by atoms with Crippen molar-refractivity contribution in [3.05, 3.63) is 0 Å². The molecule has 0 rings (SSSR count). The summed E-state index contributed by atoms with van der Waals surface area (Å²) < 4.78 is 30.4. The molecule has 0 heterocycles. The summed E-state index contributed by atoms with van der Waals surface area (Å²) in [5, 5.41) is 29.4. The summed E-state index contributed by atoms with van der Waals surface area (Å²) in [6.07, 6.45) is -0.745. The summed E-state index contributed by atoms with van der Waals surface area (Å²) in [6.45, 7) is 1.01. The molecule has 3 unspecified atom stereocenters. The first-order valence-electron chi connectivity index (χ1n) is 5.11. The van der Waals surface area contributed by atoms with Crippen LogP contribution in [0.1, 0.15) is 26.2 Å². The average molecular weight is 322 g/mol. The highest BCUT2D eigenvalue weighted by atomic mass is 32.1. The van der Waals surface area contributed by atoms with Gasteiger partial charge in [-0.15, -0.1) is 4.67 Å². The molecule has 10 nitrogen and oxygen atoms in total. The Bertz CT molecular complexity index is 371. The van der Waals surface area contributed by atoms with Crippen LogP contribution in [0.5, 0.6) is 0 Å². The van der Waals surface area contributed by atoms with E-state index in [4.69, 9.17) is 15.3 Å². The summed E-state index contributed by atoms with van der Waals surface area (Å²) in [5.74, 6) is -1.24. The average Bonchev–Trinajstić information content (AvgIpc) is 2.28. The van der Waals surface area contributed by atoms with Crippen molar-refractivity contribution in [2.75, 3.05) is 6.61 Å². The second-order valence-corrected chi connectivity index (χ2v) is 8.42. The first kappa shape index (κ1) is 18.7. The molecule has 0 aliphatic rings. The predicted octanol–water partition coefficient (Wildman–Crippen LogP) is 1.01. The Balaban J connectivity index is 4.50. The SMILES string of the molecule is CCC(O)(CCOP(=O)(OOO)[PH](=O)O)CC(=O)O. The quantitative estimate of drug-likeness (QED) is 0.259. The van der Waals surface area contributed by atoms with Crippen LogP contribution in [0.2, 0.25) is 0 Å². The van der Waals surface area contributed by atoms with Gasteiger partial charge in [-0.05, 0) is 6.42 Å². The maximum atomic E-state index is 11.5. The van der Waals surface area contributed by atoms with Crippen molar-refractivity contribution in [1.29, 1.82) is 0 Å². The van der Waals surface area contributed by atoms with Crippen molar-refractivity contribution in [3.8, 4) is 0 Å². The van der Waals surface area contributed by atoms with E-state index in [9.17, 15) is 19.0 Å². The minimum absolute atomic E-state index is 0.0820. The molecule has 0 bridgehead atoms. The summed E-state index contributed by atoms with van der Waals surface area (Å²) in [6, 6.07) is 0. The topological polar surface area (TPSA) is 160 Å². The predicted molar refractivity (Wildman–Crippen MR) is 61.7 cm³/mol. The normalized spacial score (nSPS) is 19.4. The van der Waals surface area contributed by atoms with Crippen LogP contribution in [-0.2, 0) is 28.2 Å². The lowest BCUT2D eigenvalue weighted by atomic mass is 9.93. The lowest BCUT2D eigenvalue weighted by Crippen LogP contribution is -2.32. The Morgan fingerprint density at radius 1 is 1.47 bits per heavy atom. The zero-order valence-electron chi connectivity index (χ0n) is 10.0. The van der Waals surface area contributed by atoms with Crippen molar-refractivity contribution in [3.63, 3.8) is 0 Å². The number of aliphatic carboxylic acids is 1. The minimum Gasteiger partial charge on any atom is -0.481 e. The lowest BCUT2D eigenvalue weighted by molar-refractivity contribution is -0.441. The highest BCUT2D eigenvalue weighted by Crippen LogP contribution is 2.68. The molecule has 0 fully saturated rings. The van der Waals surface area contributed by atoms with E-state index in [1.807, 2.05) is 0 Å². The van der Waals surface area contributed by atoms with E-state index in [0.29, 0.717) is 0 Å². The van der Waals surface area contributed by atoms with Crippen LogP contribution in [-0.4, -0.2) is 38.5 Å². The van der Waals surface area contributed by atoms with Gasteiger partial charge in [0.05, 0.1) is 18.6 Å². The van der Waals surface area contributed by atoms with E-state index in [1.165, 1.54) is 6.92 Å². The molecule has 19 heavy (non-hydrogen) atoms. The molecule has 3 atom stereocenters. The smallest absolute Gasteiger partial charge is 0.438 e. The lowest BCUT2D eigenvalue weighted by Gasteiger charge is -2.25. The number of rotatable bonds is 10. The standard InChI is InChI=1S/C7H16O10P2/c1-2-7(10,5-6(8)9)3-4-15-19(14,17-16-11)18(12)13/h10-11,18H,2-5H2,1H3,(H,8,9)(H,12,13). The Morgan fingerprint density at radius 3 is 2.42 bits per heavy atom. The third-order valence-corrected chi connectivity index (χ3v) is 5.60. The molecule has 0 aliphatic heterocycles. The molecule has 0 aromatic heterocycles. The van der Waals surface area contributed by atoms with Gasteiger partial charge in [0.15, 0.2) is 0 Å². The summed E-state index contributed by atoms with van der Waals surface area (Å²) in [5.41, 5.74) is -1.61.